The second kappa shape index (κ2) is 5.74. The summed E-state index contributed by atoms with van der Waals surface area (Å²) in [6.45, 7) is 6.93. The first-order valence-corrected chi connectivity index (χ1v) is 7.13. The largest absolute Gasteiger partial charge is 0.363 e. The van der Waals surface area contributed by atoms with Gasteiger partial charge in [0.05, 0.1) is 4.47 Å². The summed E-state index contributed by atoms with van der Waals surface area (Å²) in [7, 11) is 0. The van der Waals surface area contributed by atoms with Crippen LogP contribution in [-0.4, -0.2) is 28.9 Å². The van der Waals surface area contributed by atoms with Crippen molar-refractivity contribution in [3.05, 3.63) is 44.8 Å². The lowest BCUT2D eigenvalue weighted by Crippen LogP contribution is -2.40. The Hall–Kier alpha value is -1.36. The molecule has 102 valence electrons. The molecule has 1 aromatic rings. The SMILES string of the molecule is C=CC1CCN(C(=O)c2c[nH]c(C)c(Br)c2=O)CC1. The number of amides is 1. The molecule has 0 radical (unpaired) electrons. The molecule has 1 N–H and O–H groups in total. The topological polar surface area (TPSA) is 53.2 Å². The second-order valence-corrected chi connectivity index (χ2v) is 5.63. The molecule has 1 saturated heterocycles. The number of nitrogens with one attached hydrogen (secondary N) is 1. The molecule has 4 nitrogen and oxygen atoms in total. The minimum Gasteiger partial charge on any atom is -0.363 e. The maximum atomic E-state index is 12.3. The van der Waals surface area contributed by atoms with Gasteiger partial charge < -0.3 is 9.88 Å². The highest BCUT2D eigenvalue weighted by atomic mass is 79.9. The number of aromatic amines is 1. The Labute approximate surface area is 120 Å². The number of allylic oxidation sites excluding steroid dienone is 1. The number of rotatable bonds is 2. The van der Waals surface area contributed by atoms with Gasteiger partial charge in [-0.1, -0.05) is 6.08 Å². The van der Waals surface area contributed by atoms with E-state index in [4.69, 9.17) is 0 Å². The molecular weight excluding hydrogens is 308 g/mol. The monoisotopic (exact) mass is 324 g/mol. The van der Waals surface area contributed by atoms with Gasteiger partial charge in [0, 0.05) is 25.0 Å². The van der Waals surface area contributed by atoms with E-state index in [0.717, 1.165) is 18.5 Å². The van der Waals surface area contributed by atoms with Crippen molar-refractivity contribution in [1.82, 2.24) is 9.88 Å². The number of nitrogens with zero attached hydrogens (tertiary/aromatic N) is 1. The number of piperidine rings is 1. The predicted molar refractivity (Wildman–Crippen MR) is 78.3 cm³/mol. The molecule has 1 aromatic heterocycles. The Balaban J connectivity index is 2.19. The molecule has 2 heterocycles. The van der Waals surface area contributed by atoms with Gasteiger partial charge in [0.15, 0.2) is 0 Å². The van der Waals surface area contributed by atoms with Gasteiger partial charge in [-0.2, -0.15) is 0 Å². The first-order valence-electron chi connectivity index (χ1n) is 6.34. The Morgan fingerprint density at radius 1 is 1.53 bits per heavy atom. The average Bonchev–Trinajstić information content (AvgIpc) is 2.44. The molecule has 1 aliphatic rings. The quantitative estimate of drug-likeness (QED) is 0.850. The molecule has 5 heteroatoms. The molecule has 0 atom stereocenters. The van der Waals surface area contributed by atoms with Crippen LogP contribution >= 0.6 is 15.9 Å². The van der Waals surface area contributed by atoms with Gasteiger partial charge >= 0.3 is 0 Å². The summed E-state index contributed by atoms with van der Waals surface area (Å²) < 4.78 is 0.430. The van der Waals surface area contributed by atoms with Crippen LogP contribution in [0, 0.1) is 12.8 Å². The van der Waals surface area contributed by atoms with Crippen molar-refractivity contribution in [3.8, 4) is 0 Å². The van der Waals surface area contributed by atoms with E-state index in [0.29, 0.717) is 23.5 Å². The standard InChI is InChI=1S/C14H17BrN2O2/c1-3-10-4-6-17(7-5-10)14(19)11-8-16-9(2)12(15)13(11)18/h3,8,10H,1,4-7H2,2H3,(H,16,18). The first kappa shape index (κ1) is 14.1. The Kier molecular flexibility index (Phi) is 4.24. The molecule has 1 aliphatic heterocycles. The summed E-state index contributed by atoms with van der Waals surface area (Å²) >= 11 is 3.22. The molecule has 0 aromatic carbocycles. The molecule has 0 bridgehead atoms. The van der Waals surface area contributed by atoms with Crippen LogP contribution in [0.1, 0.15) is 28.9 Å². The minimum absolute atomic E-state index is 0.190. The summed E-state index contributed by atoms with van der Waals surface area (Å²) in [5, 5.41) is 0. The van der Waals surface area contributed by atoms with E-state index in [1.165, 1.54) is 6.20 Å². The van der Waals surface area contributed by atoms with Crippen LogP contribution in [0.2, 0.25) is 0 Å². The van der Waals surface area contributed by atoms with Crippen molar-refractivity contribution in [2.24, 2.45) is 5.92 Å². The maximum absolute atomic E-state index is 12.3. The van der Waals surface area contributed by atoms with Crippen molar-refractivity contribution in [3.63, 3.8) is 0 Å². The molecule has 0 unspecified atom stereocenters. The molecule has 1 fully saturated rings. The van der Waals surface area contributed by atoms with Gasteiger partial charge in [0.2, 0.25) is 5.43 Å². The first-order chi connectivity index (χ1) is 9.04. The Bertz CT molecular complexity index is 557. The number of hydrogen-bond donors (Lipinski definition) is 1. The normalized spacial score (nSPS) is 16.4. The third kappa shape index (κ3) is 2.81. The van der Waals surface area contributed by atoms with Crippen LogP contribution in [-0.2, 0) is 0 Å². The molecule has 19 heavy (non-hydrogen) atoms. The predicted octanol–water partition coefficient (Wildman–Crippen LogP) is 2.48. The van der Waals surface area contributed by atoms with Crippen LogP contribution in [0.4, 0.5) is 0 Å². The average molecular weight is 325 g/mol. The van der Waals surface area contributed by atoms with Crippen molar-refractivity contribution < 1.29 is 4.79 Å². The van der Waals surface area contributed by atoms with E-state index in [1.54, 1.807) is 11.8 Å². The number of hydrogen-bond acceptors (Lipinski definition) is 2. The summed E-state index contributed by atoms with van der Waals surface area (Å²) in [6, 6.07) is 0. The summed E-state index contributed by atoms with van der Waals surface area (Å²) in [5.74, 6) is 0.288. The van der Waals surface area contributed by atoms with Crippen molar-refractivity contribution in [2.45, 2.75) is 19.8 Å². The highest BCUT2D eigenvalue weighted by molar-refractivity contribution is 9.10. The second-order valence-electron chi connectivity index (χ2n) is 4.84. The third-order valence-corrected chi connectivity index (χ3v) is 4.55. The fourth-order valence-corrected chi connectivity index (χ4v) is 2.59. The Morgan fingerprint density at radius 2 is 2.16 bits per heavy atom. The van der Waals surface area contributed by atoms with Crippen LogP contribution in [0.3, 0.4) is 0 Å². The van der Waals surface area contributed by atoms with Gasteiger partial charge in [-0.3, -0.25) is 9.59 Å². The zero-order valence-electron chi connectivity index (χ0n) is 10.9. The van der Waals surface area contributed by atoms with E-state index in [1.807, 2.05) is 6.08 Å². The maximum Gasteiger partial charge on any atom is 0.259 e. The smallest absolute Gasteiger partial charge is 0.259 e. The van der Waals surface area contributed by atoms with Crippen molar-refractivity contribution in [2.75, 3.05) is 13.1 Å². The summed E-state index contributed by atoms with van der Waals surface area (Å²) in [6.07, 6.45) is 5.28. The van der Waals surface area contributed by atoms with Crippen molar-refractivity contribution >= 4 is 21.8 Å². The van der Waals surface area contributed by atoms with E-state index in [2.05, 4.69) is 27.5 Å². The van der Waals surface area contributed by atoms with Gasteiger partial charge in [-0.15, -0.1) is 6.58 Å². The van der Waals surface area contributed by atoms with E-state index >= 15 is 0 Å². The molecule has 1 amide bonds. The lowest BCUT2D eigenvalue weighted by atomic mass is 9.97. The minimum atomic E-state index is -0.243. The highest BCUT2D eigenvalue weighted by Crippen LogP contribution is 2.19. The molecule has 0 saturated carbocycles. The summed E-state index contributed by atoms with van der Waals surface area (Å²) in [5.41, 5.74) is 0.688. The zero-order chi connectivity index (χ0) is 14.0. The van der Waals surface area contributed by atoms with E-state index in [9.17, 15) is 9.59 Å². The lowest BCUT2D eigenvalue weighted by molar-refractivity contribution is 0.0703. The zero-order valence-corrected chi connectivity index (χ0v) is 12.5. The van der Waals surface area contributed by atoms with Crippen LogP contribution < -0.4 is 5.43 Å². The summed E-state index contributed by atoms with van der Waals surface area (Å²) in [4.78, 5) is 29.1. The van der Waals surface area contributed by atoms with Gasteiger partial charge in [-0.25, -0.2) is 0 Å². The number of aromatic nitrogens is 1. The molecular formula is C14H17BrN2O2. The number of likely N-dealkylation sites (tertiary alicyclic amines) is 1. The number of H-pyrrole nitrogens is 1. The molecule has 0 aliphatic carbocycles. The highest BCUT2D eigenvalue weighted by Gasteiger charge is 2.24. The van der Waals surface area contributed by atoms with Crippen molar-refractivity contribution in [1.29, 1.82) is 0 Å². The van der Waals surface area contributed by atoms with Gasteiger partial charge in [-0.05, 0) is 41.6 Å². The van der Waals surface area contributed by atoms with E-state index < -0.39 is 0 Å². The number of carbonyl (C=O) groups excluding carboxylic acids is 1. The van der Waals surface area contributed by atoms with Gasteiger partial charge in [0.1, 0.15) is 5.56 Å². The van der Waals surface area contributed by atoms with Crippen LogP contribution in [0.5, 0.6) is 0 Å². The van der Waals surface area contributed by atoms with Crippen LogP contribution in [0.25, 0.3) is 0 Å². The Morgan fingerprint density at radius 3 is 2.74 bits per heavy atom. The number of carbonyl (C=O) groups is 1. The molecule has 2 rings (SSSR count). The van der Waals surface area contributed by atoms with E-state index in [-0.39, 0.29) is 16.9 Å². The van der Waals surface area contributed by atoms with Crippen LogP contribution in [0.15, 0.2) is 28.1 Å². The van der Waals surface area contributed by atoms with Gasteiger partial charge in [0.25, 0.3) is 5.91 Å². The molecule has 0 spiro atoms. The fraction of sp³-hybridized carbons (Fsp3) is 0.429. The lowest BCUT2D eigenvalue weighted by Gasteiger charge is -2.30. The number of pyridine rings is 1. The number of aryl methyl sites for hydroxylation is 1. The number of halogens is 1. The fourth-order valence-electron chi connectivity index (χ4n) is 2.27. The third-order valence-electron chi connectivity index (χ3n) is 3.60.